The molecule has 0 radical (unpaired) electrons. The highest BCUT2D eigenvalue weighted by molar-refractivity contribution is 5.77. The zero-order valence-electron chi connectivity index (χ0n) is 13.5. The molecule has 1 fully saturated rings. The van der Waals surface area contributed by atoms with Gasteiger partial charge in [0.1, 0.15) is 5.82 Å². The van der Waals surface area contributed by atoms with Gasteiger partial charge in [-0.25, -0.2) is 9.97 Å². The van der Waals surface area contributed by atoms with E-state index in [1.165, 1.54) is 0 Å². The second kappa shape index (κ2) is 6.09. The smallest absolute Gasteiger partial charge is 0.212 e. The van der Waals surface area contributed by atoms with Crippen LogP contribution in [0.15, 0.2) is 36.8 Å². The Labute approximate surface area is 139 Å². The van der Waals surface area contributed by atoms with Crippen LogP contribution in [0.2, 0.25) is 0 Å². The van der Waals surface area contributed by atoms with Crippen LogP contribution in [-0.4, -0.2) is 51.0 Å². The molecule has 1 N–H and O–H groups in total. The van der Waals surface area contributed by atoms with Crippen molar-refractivity contribution in [3.8, 4) is 17.0 Å². The Morgan fingerprint density at radius 3 is 2.92 bits per heavy atom. The minimum atomic E-state index is 0.144. The number of hydrogen-bond acceptors (Lipinski definition) is 6. The van der Waals surface area contributed by atoms with Gasteiger partial charge in [-0.1, -0.05) is 0 Å². The second-order valence-corrected chi connectivity index (χ2v) is 5.86. The van der Waals surface area contributed by atoms with Crippen molar-refractivity contribution in [3.63, 3.8) is 0 Å². The number of aliphatic hydroxyl groups is 1. The largest absolute Gasteiger partial charge is 0.481 e. The highest BCUT2D eigenvalue weighted by Gasteiger charge is 2.26. The van der Waals surface area contributed by atoms with Gasteiger partial charge >= 0.3 is 0 Å². The molecule has 7 nitrogen and oxygen atoms in total. The minimum absolute atomic E-state index is 0.144. The molecule has 4 heterocycles. The number of hydrogen-bond donors (Lipinski definition) is 1. The van der Waals surface area contributed by atoms with E-state index in [0.29, 0.717) is 5.88 Å². The molecule has 4 rings (SSSR count). The fourth-order valence-electron chi connectivity index (χ4n) is 3.29. The van der Waals surface area contributed by atoms with E-state index in [1.54, 1.807) is 25.7 Å². The lowest BCUT2D eigenvalue weighted by Gasteiger charge is -2.25. The van der Waals surface area contributed by atoms with E-state index in [-0.39, 0.29) is 12.6 Å². The Hall–Kier alpha value is -2.67. The highest BCUT2D eigenvalue weighted by atomic mass is 16.5. The van der Waals surface area contributed by atoms with E-state index >= 15 is 0 Å². The first kappa shape index (κ1) is 14.9. The Morgan fingerprint density at radius 2 is 2.17 bits per heavy atom. The van der Waals surface area contributed by atoms with Crippen molar-refractivity contribution in [2.75, 3.05) is 25.2 Å². The van der Waals surface area contributed by atoms with Crippen molar-refractivity contribution in [3.05, 3.63) is 36.8 Å². The lowest BCUT2D eigenvalue weighted by molar-refractivity contribution is 0.265. The predicted molar refractivity (Wildman–Crippen MR) is 90.2 cm³/mol. The number of aromatic nitrogens is 4. The molecule has 0 bridgehead atoms. The third-order valence-corrected chi connectivity index (χ3v) is 4.52. The van der Waals surface area contributed by atoms with Crippen LogP contribution in [0, 0.1) is 0 Å². The summed E-state index contributed by atoms with van der Waals surface area (Å²) in [5, 5.41) is 14.1. The SMILES string of the molecule is COc1ccc(-c2cnn3c(N4CCC[C@H]4CO)ccnc23)cn1. The number of pyridine rings is 1. The van der Waals surface area contributed by atoms with Gasteiger partial charge in [0.2, 0.25) is 5.88 Å². The Bertz CT molecular complexity index is 846. The molecule has 24 heavy (non-hydrogen) atoms. The van der Waals surface area contributed by atoms with Gasteiger partial charge in [0.25, 0.3) is 0 Å². The van der Waals surface area contributed by atoms with Crippen molar-refractivity contribution in [2.24, 2.45) is 0 Å². The maximum atomic E-state index is 9.60. The van der Waals surface area contributed by atoms with Gasteiger partial charge in [0.15, 0.2) is 5.65 Å². The Morgan fingerprint density at radius 1 is 1.25 bits per heavy atom. The molecule has 0 amide bonds. The molecule has 0 unspecified atom stereocenters. The fraction of sp³-hybridized carbons (Fsp3) is 0.353. The second-order valence-electron chi connectivity index (χ2n) is 5.86. The number of fused-ring (bicyclic) bond motifs is 1. The summed E-state index contributed by atoms with van der Waals surface area (Å²) in [7, 11) is 1.60. The molecule has 0 aliphatic carbocycles. The van der Waals surface area contributed by atoms with Gasteiger partial charge in [-0.15, -0.1) is 0 Å². The molecule has 7 heteroatoms. The van der Waals surface area contributed by atoms with Gasteiger partial charge in [-0.05, 0) is 25.0 Å². The first-order valence-corrected chi connectivity index (χ1v) is 8.02. The van der Waals surface area contributed by atoms with Crippen molar-refractivity contribution in [2.45, 2.75) is 18.9 Å². The molecular weight excluding hydrogens is 306 g/mol. The first-order valence-electron chi connectivity index (χ1n) is 8.02. The summed E-state index contributed by atoms with van der Waals surface area (Å²) in [6, 6.07) is 5.87. The van der Waals surface area contributed by atoms with Crippen LogP contribution < -0.4 is 9.64 Å². The van der Waals surface area contributed by atoms with Crippen molar-refractivity contribution >= 4 is 11.5 Å². The third kappa shape index (κ3) is 2.37. The number of ether oxygens (including phenoxy) is 1. The van der Waals surface area contributed by atoms with E-state index in [4.69, 9.17) is 4.74 Å². The maximum absolute atomic E-state index is 9.60. The molecule has 0 spiro atoms. The normalized spacial score (nSPS) is 17.6. The summed E-state index contributed by atoms with van der Waals surface area (Å²) >= 11 is 0. The summed E-state index contributed by atoms with van der Waals surface area (Å²) < 4.78 is 6.95. The number of methoxy groups -OCH3 is 1. The first-order chi connectivity index (χ1) is 11.8. The van der Waals surface area contributed by atoms with Crippen molar-refractivity contribution in [1.29, 1.82) is 0 Å². The van der Waals surface area contributed by atoms with E-state index in [2.05, 4.69) is 20.0 Å². The van der Waals surface area contributed by atoms with Crippen LogP contribution in [0.1, 0.15) is 12.8 Å². The monoisotopic (exact) mass is 325 g/mol. The summed E-state index contributed by atoms with van der Waals surface area (Å²) in [5.74, 6) is 1.54. The molecular formula is C17H19N5O2. The van der Waals surface area contributed by atoms with Gasteiger partial charge in [-0.2, -0.15) is 9.61 Å². The molecule has 1 aliphatic heterocycles. The lowest BCUT2D eigenvalue weighted by Crippen LogP contribution is -2.33. The molecule has 3 aromatic heterocycles. The van der Waals surface area contributed by atoms with Gasteiger partial charge < -0.3 is 14.7 Å². The molecule has 0 saturated carbocycles. The Kier molecular flexibility index (Phi) is 3.78. The van der Waals surface area contributed by atoms with Crippen LogP contribution in [-0.2, 0) is 0 Å². The lowest BCUT2D eigenvalue weighted by atomic mass is 10.1. The van der Waals surface area contributed by atoms with Crippen LogP contribution >= 0.6 is 0 Å². The number of nitrogens with zero attached hydrogens (tertiary/aromatic N) is 5. The fourth-order valence-corrected chi connectivity index (χ4v) is 3.29. The summed E-state index contributed by atoms with van der Waals surface area (Å²) in [6.07, 6.45) is 7.43. The van der Waals surface area contributed by atoms with Gasteiger partial charge in [0.05, 0.1) is 26.0 Å². The molecule has 124 valence electrons. The van der Waals surface area contributed by atoms with Crippen molar-refractivity contribution in [1.82, 2.24) is 19.6 Å². The van der Waals surface area contributed by atoms with Crippen LogP contribution in [0.4, 0.5) is 5.82 Å². The third-order valence-electron chi connectivity index (χ3n) is 4.52. The van der Waals surface area contributed by atoms with E-state index in [1.807, 2.05) is 22.7 Å². The van der Waals surface area contributed by atoms with Crippen molar-refractivity contribution < 1.29 is 9.84 Å². The molecule has 1 aliphatic rings. The molecule has 3 aromatic rings. The van der Waals surface area contributed by atoms with Gasteiger partial charge in [0, 0.05) is 36.1 Å². The zero-order chi connectivity index (χ0) is 16.5. The summed E-state index contributed by atoms with van der Waals surface area (Å²) in [4.78, 5) is 11.0. The maximum Gasteiger partial charge on any atom is 0.212 e. The highest BCUT2D eigenvalue weighted by Crippen LogP contribution is 2.29. The van der Waals surface area contributed by atoms with Crippen LogP contribution in [0.3, 0.4) is 0 Å². The average molecular weight is 325 g/mol. The molecule has 1 saturated heterocycles. The zero-order valence-corrected chi connectivity index (χ0v) is 13.5. The quantitative estimate of drug-likeness (QED) is 0.788. The standard InChI is InChI=1S/C17H19N5O2/c1-24-15-5-4-12(9-19-15)14-10-20-22-16(6-7-18-17(14)22)21-8-2-3-13(21)11-23/h4-7,9-10,13,23H,2-3,8,11H2,1H3/t13-/m0/s1. The summed E-state index contributed by atoms with van der Waals surface area (Å²) in [6.45, 7) is 1.07. The summed E-state index contributed by atoms with van der Waals surface area (Å²) in [5.41, 5.74) is 2.64. The Balaban J connectivity index is 1.78. The van der Waals surface area contributed by atoms with Crippen LogP contribution in [0.5, 0.6) is 5.88 Å². The van der Waals surface area contributed by atoms with Crippen LogP contribution in [0.25, 0.3) is 16.8 Å². The topological polar surface area (TPSA) is 75.8 Å². The number of aliphatic hydroxyl groups excluding tert-OH is 1. The van der Waals surface area contributed by atoms with E-state index in [0.717, 1.165) is 42.0 Å². The van der Waals surface area contributed by atoms with Gasteiger partial charge in [-0.3, -0.25) is 0 Å². The number of anilines is 1. The van der Waals surface area contributed by atoms with E-state index < -0.39 is 0 Å². The minimum Gasteiger partial charge on any atom is -0.481 e. The predicted octanol–water partition coefficient (Wildman–Crippen LogP) is 1.76. The van der Waals surface area contributed by atoms with E-state index in [9.17, 15) is 5.11 Å². The molecule has 1 atom stereocenters. The average Bonchev–Trinajstić information content (AvgIpc) is 3.28. The molecule has 0 aromatic carbocycles. The number of rotatable bonds is 4.